The van der Waals surface area contributed by atoms with Gasteiger partial charge in [-0.05, 0) is 58.7 Å². The van der Waals surface area contributed by atoms with Gasteiger partial charge in [0.15, 0.2) is 0 Å². The number of pyridine rings is 3. The van der Waals surface area contributed by atoms with Gasteiger partial charge in [-0.25, -0.2) is 4.98 Å². The minimum absolute atomic E-state index is 0.940. The van der Waals surface area contributed by atoms with Crippen LogP contribution in [-0.2, 0) is 0 Å². The van der Waals surface area contributed by atoms with Crippen LogP contribution in [0.25, 0.3) is 75.5 Å². The molecule has 182 valence electrons. The maximum Gasteiger partial charge on any atom is 0.0972 e. The van der Waals surface area contributed by atoms with Gasteiger partial charge in [0.2, 0.25) is 0 Å². The van der Waals surface area contributed by atoms with E-state index in [0.717, 1.165) is 38.6 Å². The van der Waals surface area contributed by atoms with Crippen molar-refractivity contribution in [2.75, 3.05) is 0 Å². The second-order valence-electron chi connectivity index (χ2n) is 9.72. The Balaban J connectivity index is 1.28. The van der Waals surface area contributed by atoms with E-state index < -0.39 is 0 Å². The van der Waals surface area contributed by atoms with Gasteiger partial charge in [0.1, 0.15) is 0 Å². The van der Waals surface area contributed by atoms with Crippen LogP contribution in [0.5, 0.6) is 0 Å². The lowest BCUT2D eigenvalue weighted by Gasteiger charge is -2.08. The molecule has 39 heavy (non-hydrogen) atoms. The molecule has 0 N–H and O–H groups in total. The number of rotatable bonds is 3. The molecule has 0 aliphatic carbocycles. The number of hydrogen-bond acceptors (Lipinski definition) is 4. The fourth-order valence-corrected chi connectivity index (χ4v) is 6.60. The predicted molar refractivity (Wildman–Crippen MR) is 164 cm³/mol. The lowest BCUT2D eigenvalue weighted by atomic mass is 9.96. The van der Waals surface area contributed by atoms with Crippen LogP contribution >= 0.6 is 11.3 Å². The van der Waals surface area contributed by atoms with E-state index in [2.05, 4.69) is 107 Å². The van der Waals surface area contributed by atoms with Crippen LogP contribution in [0.15, 0.2) is 128 Å². The van der Waals surface area contributed by atoms with E-state index in [9.17, 15) is 0 Å². The van der Waals surface area contributed by atoms with Gasteiger partial charge < -0.3 is 0 Å². The highest BCUT2D eigenvalue weighted by Gasteiger charge is 2.13. The third kappa shape index (κ3) is 3.69. The van der Waals surface area contributed by atoms with Gasteiger partial charge in [0.05, 0.1) is 16.7 Å². The van der Waals surface area contributed by atoms with Crippen molar-refractivity contribution in [1.29, 1.82) is 0 Å². The zero-order valence-electron chi connectivity index (χ0n) is 20.9. The van der Waals surface area contributed by atoms with Crippen LogP contribution in [0.1, 0.15) is 0 Å². The van der Waals surface area contributed by atoms with Crippen molar-refractivity contribution in [2.45, 2.75) is 0 Å². The molecule has 4 aromatic heterocycles. The number of fused-ring (bicyclic) bond motifs is 6. The van der Waals surface area contributed by atoms with Crippen molar-refractivity contribution >= 4 is 53.3 Å². The topological polar surface area (TPSA) is 38.7 Å². The number of hydrogen-bond donors (Lipinski definition) is 0. The third-order valence-electron chi connectivity index (χ3n) is 7.41. The minimum Gasteiger partial charge on any atom is -0.264 e. The summed E-state index contributed by atoms with van der Waals surface area (Å²) in [6, 6.07) is 38.8. The maximum absolute atomic E-state index is 5.10. The van der Waals surface area contributed by atoms with Crippen molar-refractivity contribution < 1.29 is 0 Å². The first kappa shape index (κ1) is 22.1. The average Bonchev–Trinajstić information content (AvgIpc) is 3.39. The number of aromatic nitrogens is 3. The van der Waals surface area contributed by atoms with Crippen molar-refractivity contribution in [1.82, 2.24) is 15.0 Å². The predicted octanol–water partition coefficient (Wildman–Crippen LogP) is 9.55. The van der Waals surface area contributed by atoms with Gasteiger partial charge in [-0.1, -0.05) is 72.8 Å². The standard InChI is InChI=1S/C35H21N3S/c1-6-28(23-10-8-22(9-11-23)27-5-2-18-36-21-27)33-29-20-26(15-17-31(29)39-32(33)7-1)30-16-14-25-13-12-24-4-3-19-37-34(24)35(25)38-30/h1-21H. The molecule has 0 unspecified atom stereocenters. The molecular formula is C35H21N3S. The highest BCUT2D eigenvalue weighted by Crippen LogP contribution is 2.41. The summed E-state index contributed by atoms with van der Waals surface area (Å²) in [4.78, 5) is 14.0. The lowest BCUT2D eigenvalue weighted by molar-refractivity contribution is 1.33. The first-order chi connectivity index (χ1) is 19.3. The first-order valence-electron chi connectivity index (χ1n) is 12.9. The first-order valence-corrected chi connectivity index (χ1v) is 13.7. The Bertz CT molecular complexity index is 2160. The maximum atomic E-state index is 5.10. The van der Waals surface area contributed by atoms with Gasteiger partial charge in [-0.15, -0.1) is 11.3 Å². The normalized spacial score (nSPS) is 11.6. The molecule has 0 spiro atoms. The summed E-state index contributed by atoms with van der Waals surface area (Å²) in [6.07, 6.45) is 5.55. The minimum atomic E-state index is 0.940. The van der Waals surface area contributed by atoms with Crippen molar-refractivity contribution in [3.05, 3.63) is 128 Å². The van der Waals surface area contributed by atoms with Gasteiger partial charge >= 0.3 is 0 Å². The van der Waals surface area contributed by atoms with E-state index in [1.165, 1.54) is 36.9 Å². The van der Waals surface area contributed by atoms with E-state index in [1.807, 2.05) is 35.9 Å². The molecule has 4 heteroatoms. The summed E-state index contributed by atoms with van der Waals surface area (Å²) in [6.45, 7) is 0. The molecule has 0 fully saturated rings. The van der Waals surface area contributed by atoms with E-state index in [1.54, 1.807) is 6.20 Å². The molecule has 0 aliphatic rings. The molecule has 0 saturated heterocycles. The number of nitrogens with zero attached hydrogens (tertiary/aromatic N) is 3. The molecule has 0 amide bonds. The Hall–Kier alpha value is -4.93. The smallest absolute Gasteiger partial charge is 0.0972 e. The van der Waals surface area contributed by atoms with Crippen LogP contribution in [0, 0.1) is 0 Å². The van der Waals surface area contributed by atoms with Crippen LogP contribution in [0.4, 0.5) is 0 Å². The largest absolute Gasteiger partial charge is 0.264 e. The molecule has 3 nitrogen and oxygen atoms in total. The summed E-state index contributed by atoms with van der Waals surface area (Å²) in [7, 11) is 0. The quantitative estimate of drug-likeness (QED) is 0.220. The second kappa shape index (κ2) is 8.83. The monoisotopic (exact) mass is 515 g/mol. The Kier molecular flexibility index (Phi) is 5.00. The van der Waals surface area contributed by atoms with Crippen molar-refractivity contribution in [3.8, 4) is 33.5 Å². The van der Waals surface area contributed by atoms with Crippen LogP contribution < -0.4 is 0 Å². The van der Waals surface area contributed by atoms with E-state index >= 15 is 0 Å². The summed E-state index contributed by atoms with van der Waals surface area (Å²) in [5.74, 6) is 0. The van der Waals surface area contributed by atoms with Crippen LogP contribution in [-0.4, -0.2) is 15.0 Å². The molecular weight excluding hydrogens is 494 g/mol. The van der Waals surface area contributed by atoms with Crippen molar-refractivity contribution in [2.24, 2.45) is 0 Å². The lowest BCUT2D eigenvalue weighted by Crippen LogP contribution is -1.88. The van der Waals surface area contributed by atoms with Crippen molar-refractivity contribution in [3.63, 3.8) is 0 Å². The van der Waals surface area contributed by atoms with Gasteiger partial charge in [0, 0.05) is 55.1 Å². The molecule has 4 heterocycles. The highest BCUT2D eigenvalue weighted by molar-refractivity contribution is 7.26. The van der Waals surface area contributed by atoms with Gasteiger partial charge in [-0.2, -0.15) is 0 Å². The molecule has 8 aromatic rings. The highest BCUT2D eigenvalue weighted by atomic mass is 32.1. The molecule has 0 saturated carbocycles. The number of thiophene rings is 1. The summed E-state index contributed by atoms with van der Waals surface area (Å²) in [5, 5.41) is 4.76. The average molecular weight is 516 g/mol. The fourth-order valence-electron chi connectivity index (χ4n) is 5.49. The zero-order valence-corrected chi connectivity index (χ0v) is 21.7. The Morgan fingerprint density at radius 3 is 2.21 bits per heavy atom. The van der Waals surface area contributed by atoms with Crippen LogP contribution in [0.3, 0.4) is 0 Å². The van der Waals surface area contributed by atoms with E-state index in [4.69, 9.17) is 4.98 Å². The Labute approximate surface area is 229 Å². The number of benzene rings is 4. The third-order valence-corrected chi connectivity index (χ3v) is 8.55. The molecule has 0 bridgehead atoms. The molecule has 4 aromatic carbocycles. The van der Waals surface area contributed by atoms with E-state index in [0.29, 0.717) is 0 Å². The van der Waals surface area contributed by atoms with E-state index in [-0.39, 0.29) is 0 Å². The Morgan fingerprint density at radius 2 is 1.33 bits per heavy atom. The molecule has 0 radical (unpaired) electrons. The summed E-state index contributed by atoms with van der Waals surface area (Å²) >= 11 is 1.84. The molecule has 0 atom stereocenters. The zero-order chi connectivity index (χ0) is 25.8. The van der Waals surface area contributed by atoms with Gasteiger partial charge in [0.25, 0.3) is 0 Å². The fraction of sp³-hybridized carbons (Fsp3) is 0. The summed E-state index contributed by atoms with van der Waals surface area (Å²) < 4.78 is 2.57. The van der Waals surface area contributed by atoms with Gasteiger partial charge in [-0.3, -0.25) is 9.97 Å². The molecule has 0 aliphatic heterocycles. The van der Waals surface area contributed by atoms with Crippen LogP contribution in [0.2, 0.25) is 0 Å². The Morgan fingerprint density at radius 1 is 0.538 bits per heavy atom. The SMILES string of the molecule is c1cncc(-c2ccc(-c3cccc4sc5ccc(-c6ccc7ccc8cccnc8c7n6)cc5c34)cc2)c1. The molecule has 8 rings (SSSR count). The summed E-state index contributed by atoms with van der Waals surface area (Å²) in [5.41, 5.74) is 8.69. The second-order valence-corrected chi connectivity index (χ2v) is 10.8.